The van der Waals surface area contributed by atoms with E-state index in [4.69, 9.17) is 17.9 Å². The third-order valence-corrected chi connectivity index (χ3v) is 4.18. The summed E-state index contributed by atoms with van der Waals surface area (Å²) in [6, 6.07) is 0. The molecular formula is C9H19O2PS. The van der Waals surface area contributed by atoms with Gasteiger partial charge in [-0.05, 0) is 25.4 Å². The number of hydrogen-bond acceptors (Lipinski definition) is 2. The Bertz CT molecular complexity index is 231. The first kappa shape index (κ1) is 10.1. The van der Waals surface area contributed by atoms with E-state index in [0.29, 0.717) is 12.1 Å². The molecule has 1 saturated heterocycles. The summed E-state index contributed by atoms with van der Waals surface area (Å²) < 4.78 is 13.0. The quantitative estimate of drug-likeness (QED) is 0.742. The summed E-state index contributed by atoms with van der Waals surface area (Å²) in [6.45, 7) is 3.51. The van der Waals surface area contributed by atoms with E-state index in [9.17, 15) is 4.89 Å². The minimum absolute atomic E-state index is 0.150. The van der Waals surface area contributed by atoms with E-state index in [-0.39, 0.29) is 12.7 Å². The molecule has 0 aromatic heterocycles. The van der Waals surface area contributed by atoms with Crippen molar-refractivity contribution in [3.8, 4) is 0 Å². The lowest BCUT2D eigenvalue weighted by Gasteiger charge is -2.18. The topological polar surface area (TPSA) is 29.5 Å². The van der Waals surface area contributed by atoms with Crippen LogP contribution in [0.4, 0.5) is 0 Å². The lowest BCUT2D eigenvalue weighted by Crippen LogP contribution is -2.16. The minimum atomic E-state index is -2.08. The van der Waals surface area contributed by atoms with Gasteiger partial charge in [0.1, 0.15) is 0 Å². The molecule has 0 saturated carbocycles. The smallest absolute Gasteiger partial charge is 0.0608 e. The zero-order chi connectivity index (χ0) is 10.8. The summed E-state index contributed by atoms with van der Waals surface area (Å²) >= 11 is 4.99. The van der Waals surface area contributed by atoms with Gasteiger partial charge in [0.2, 0.25) is 0 Å². The molecule has 1 heterocycles. The lowest BCUT2D eigenvalue weighted by molar-refractivity contribution is 0.0871. The maximum Gasteiger partial charge on any atom is 0.0608 e. The van der Waals surface area contributed by atoms with Crippen LogP contribution in [0.3, 0.4) is 0 Å². The maximum atomic E-state index is 9.53. The fraction of sp³-hybridized carbons (Fsp3) is 1.00. The second-order valence-electron chi connectivity index (χ2n) is 3.81. The van der Waals surface area contributed by atoms with Crippen LogP contribution in [0.15, 0.2) is 0 Å². The highest BCUT2D eigenvalue weighted by atomic mass is 32.4. The third kappa shape index (κ3) is 4.07. The predicted octanol–water partition coefficient (Wildman–Crippen LogP) is 2.21. The summed E-state index contributed by atoms with van der Waals surface area (Å²) in [6.07, 6.45) is 1.45. The molecule has 1 fully saturated rings. The van der Waals surface area contributed by atoms with Crippen LogP contribution in [0.1, 0.15) is 27.6 Å². The van der Waals surface area contributed by atoms with Crippen molar-refractivity contribution < 1.29 is 11.0 Å². The Hall–Kier alpha value is 0.570. The average molecular weight is 224 g/mol. The summed E-state index contributed by atoms with van der Waals surface area (Å²) in [5.41, 5.74) is 0. The summed E-state index contributed by atoms with van der Waals surface area (Å²) in [7, 11) is 0. The van der Waals surface area contributed by atoms with Gasteiger partial charge in [0.15, 0.2) is 0 Å². The summed E-state index contributed by atoms with van der Waals surface area (Å²) in [5, 5.41) is 0. The molecule has 13 heavy (non-hydrogen) atoms. The molecule has 1 N–H and O–H groups in total. The Morgan fingerprint density at radius 1 is 1.77 bits per heavy atom. The molecule has 1 aliphatic heterocycles. The normalized spacial score (nSPS) is 39.9. The van der Waals surface area contributed by atoms with Gasteiger partial charge in [-0.2, -0.15) is 0 Å². The molecule has 4 heteroatoms. The fourth-order valence-electron chi connectivity index (χ4n) is 1.67. The first-order chi connectivity index (χ1) is 6.42. The molecule has 78 valence electrons. The van der Waals surface area contributed by atoms with Gasteiger partial charge in [-0.15, -0.1) is 0 Å². The Labute approximate surface area is 87.2 Å². The molecule has 0 amide bonds. The number of ether oxygens (including phenoxy) is 1. The molecular weight excluding hydrogens is 203 g/mol. The van der Waals surface area contributed by atoms with Gasteiger partial charge >= 0.3 is 0 Å². The highest BCUT2D eigenvalue weighted by Gasteiger charge is 2.27. The Kier molecular flexibility index (Phi) is 3.79. The molecule has 0 bridgehead atoms. The second kappa shape index (κ2) is 4.88. The zero-order valence-electron chi connectivity index (χ0n) is 9.27. The maximum absolute atomic E-state index is 9.53. The van der Waals surface area contributed by atoms with E-state index in [1.807, 2.05) is 0 Å². The predicted molar refractivity (Wildman–Crippen MR) is 60.0 cm³/mol. The SMILES string of the molecule is [3H]C1C[C@@H](CC)[C@@H](CCP(C)(O)=S)O1. The first-order valence-electron chi connectivity index (χ1n) is 5.37. The molecule has 0 aromatic rings. The van der Waals surface area contributed by atoms with Crippen molar-refractivity contribution in [2.75, 3.05) is 19.4 Å². The lowest BCUT2D eigenvalue weighted by atomic mass is 9.97. The standard InChI is InChI=1S/C9H19O2PS/c1-3-8-4-6-11-9(8)5-7-12(2,10)13/h8-9H,3-7H2,1-2H3,(H,10,13)/t8-,9-,12?/m1/s1/i6T/t6?,8-,9-,12?. The highest BCUT2D eigenvalue weighted by molar-refractivity contribution is 8.11. The Balaban J connectivity index is 2.40. The van der Waals surface area contributed by atoms with Crippen molar-refractivity contribution in [3.63, 3.8) is 0 Å². The van der Waals surface area contributed by atoms with E-state index in [1.165, 1.54) is 0 Å². The molecule has 0 spiro atoms. The Morgan fingerprint density at radius 3 is 3.00 bits per heavy atom. The van der Waals surface area contributed by atoms with Crippen molar-refractivity contribution >= 4 is 18.1 Å². The van der Waals surface area contributed by atoms with E-state index in [2.05, 4.69) is 6.92 Å². The largest absolute Gasteiger partial charge is 0.378 e. The van der Waals surface area contributed by atoms with Gasteiger partial charge in [-0.1, -0.05) is 25.2 Å². The molecule has 2 unspecified atom stereocenters. The molecule has 1 aliphatic rings. The van der Waals surface area contributed by atoms with Crippen LogP contribution in [0.25, 0.3) is 0 Å². The van der Waals surface area contributed by atoms with E-state index in [1.54, 1.807) is 6.66 Å². The molecule has 0 aromatic carbocycles. The van der Waals surface area contributed by atoms with Gasteiger partial charge in [-0.25, -0.2) is 0 Å². The fourth-order valence-corrected chi connectivity index (χ4v) is 2.72. The summed E-state index contributed by atoms with van der Waals surface area (Å²) in [5.74, 6) is 0.485. The first-order valence-corrected chi connectivity index (χ1v) is 8.18. The van der Waals surface area contributed by atoms with E-state index in [0.717, 1.165) is 19.3 Å². The average Bonchev–Trinajstić information content (AvgIpc) is 2.41. The second-order valence-corrected chi connectivity index (χ2v) is 8.72. The van der Waals surface area contributed by atoms with E-state index < -0.39 is 6.26 Å². The molecule has 4 atom stereocenters. The molecule has 0 radical (unpaired) electrons. The summed E-state index contributed by atoms with van der Waals surface area (Å²) in [4.78, 5) is 9.53. The van der Waals surface area contributed by atoms with Crippen LogP contribution in [0.2, 0.25) is 0 Å². The zero-order valence-corrected chi connectivity index (χ0v) is 9.98. The van der Waals surface area contributed by atoms with Crippen LogP contribution >= 0.6 is 6.26 Å². The highest BCUT2D eigenvalue weighted by Crippen LogP contribution is 2.39. The van der Waals surface area contributed by atoms with Gasteiger partial charge in [-0.3, -0.25) is 0 Å². The Morgan fingerprint density at radius 2 is 2.46 bits per heavy atom. The van der Waals surface area contributed by atoms with Crippen LogP contribution in [-0.4, -0.2) is 30.4 Å². The van der Waals surface area contributed by atoms with Crippen molar-refractivity contribution in [2.24, 2.45) is 5.92 Å². The molecule has 2 nitrogen and oxygen atoms in total. The van der Waals surface area contributed by atoms with Gasteiger partial charge in [0.05, 0.1) is 13.7 Å². The van der Waals surface area contributed by atoms with Gasteiger partial charge < -0.3 is 9.63 Å². The number of hydrogen-bond donors (Lipinski definition) is 1. The van der Waals surface area contributed by atoms with Crippen molar-refractivity contribution in [2.45, 2.75) is 32.3 Å². The third-order valence-electron chi connectivity index (χ3n) is 2.55. The van der Waals surface area contributed by atoms with E-state index >= 15 is 0 Å². The van der Waals surface area contributed by atoms with Gasteiger partial charge in [0, 0.05) is 12.7 Å². The van der Waals surface area contributed by atoms with Crippen LogP contribution in [-0.2, 0) is 16.5 Å². The van der Waals surface area contributed by atoms with Crippen LogP contribution in [0.5, 0.6) is 0 Å². The number of rotatable bonds is 4. The molecule has 0 aliphatic carbocycles. The van der Waals surface area contributed by atoms with Crippen molar-refractivity contribution in [1.29, 1.82) is 0 Å². The van der Waals surface area contributed by atoms with Gasteiger partial charge in [0.25, 0.3) is 0 Å². The van der Waals surface area contributed by atoms with Crippen molar-refractivity contribution in [1.82, 2.24) is 0 Å². The van der Waals surface area contributed by atoms with Crippen LogP contribution < -0.4 is 0 Å². The minimum Gasteiger partial charge on any atom is -0.378 e. The molecule has 1 rings (SSSR count). The van der Waals surface area contributed by atoms with Crippen LogP contribution in [0, 0.1) is 5.92 Å². The van der Waals surface area contributed by atoms with Crippen molar-refractivity contribution in [3.05, 3.63) is 0 Å². The monoisotopic (exact) mass is 224 g/mol.